The molecule has 1 N–H and O–H groups in total. The maximum absolute atomic E-state index is 12.8. The van der Waals surface area contributed by atoms with Gasteiger partial charge in [-0.2, -0.15) is 0 Å². The second kappa shape index (κ2) is 6.37. The molecule has 3 aliphatic rings. The van der Waals surface area contributed by atoms with Crippen LogP contribution in [-0.2, 0) is 9.59 Å². The van der Waals surface area contributed by atoms with Crippen molar-refractivity contribution in [3.8, 4) is 0 Å². The Morgan fingerprint density at radius 2 is 1.57 bits per heavy atom. The number of carbonyl (C=O) groups is 2. The molecular weight excluding hydrogens is 266 g/mol. The summed E-state index contributed by atoms with van der Waals surface area (Å²) in [6.45, 7) is 0.639. The van der Waals surface area contributed by atoms with Gasteiger partial charge in [0.1, 0.15) is 6.04 Å². The van der Waals surface area contributed by atoms with Crippen LogP contribution in [0.2, 0.25) is 0 Å². The van der Waals surface area contributed by atoms with Crippen molar-refractivity contribution in [1.29, 1.82) is 0 Å². The van der Waals surface area contributed by atoms with Crippen molar-refractivity contribution in [2.75, 3.05) is 6.54 Å². The molecule has 0 bridgehead atoms. The molecule has 0 radical (unpaired) electrons. The van der Waals surface area contributed by atoms with Gasteiger partial charge in [0.2, 0.25) is 5.91 Å². The molecule has 1 heterocycles. The summed E-state index contributed by atoms with van der Waals surface area (Å²) >= 11 is 0. The van der Waals surface area contributed by atoms with Crippen molar-refractivity contribution < 1.29 is 14.7 Å². The highest BCUT2D eigenvalue weighted by atomic mass is 16.4. The van der Waals surface area contributed by atoms with Crippen molar-refractivity contribution in [2.45, 2.75) is 70.3 Å². The molecule has 1 aliphatic heterocycles. The minimum Gasteiger partial charge on any atom is -0.480 e. The number of hydrogen-bond donors (Lipinski definition) is 1. The van der Waals surface area contributed by atoms with Gasteiger partial charge in [-0.15, -0.1) is 0 Å². The highest BCUT2D eigenvalue weighted by Crippen LogP contribution is 2.43. The Labute approximate surface area is 126 Å². The molecule has 118 valence electrons. The van der Waals surface area contributed by atoms with Gasteiger partial charge in [0, 0.05) is 12.5 Å². The van der Waals surface area contributed by atoms with E-state index in [0.29, 0.717) is 13.0 Å². The van der Waals surface area contributed by atoms with Crippen molar-refractivity contribution in [2.24, 2.45) is 17.8 Å². The fourth-order valence-electron chi connectivity index (χ4n) is 4.78. The Morgan fingerprint density at radius 3 is 2.33 bits per heavy atom. The summed E-state index contributed by atoms with van der Waals surface area (Å²) < 4.78 is 0. The van der Waals surface area contributed by atoms with Crippen LogP contribution in [0.15, 0.2) is 0 Å². The number of likely N-dealkylation sites (tertiary alicyclic amines) is 1. The van der Waals surface area contributed by atoms with Crippen LogP contribution in [0, 0.1) is 17.8 Å². The average molecular weight is 293 g/mol. The summed E-state index contributed by atoms with van der Waals surface area (Å²) in [5.41, 5.74) is 0. The van der Waals surface area contributed by atoms with Crippen molar-refractivity contribution in [3.05, 3.63) is 0 Å². The zero-order valence-electron chi connectivity index (χ0n) is 12.8. The summed E-state index contributed by atoms with van der Waals surface area (Å²) in [4.78, 5) is 25.9. The summed E-state index contributed by atoms with van der Waals surface area (Å²) in [7, 11) is 0. The van der Waals surface area contributed by atoms with Crippen molar-refractivity contribution in [3.63, 3.8) is 0 Å². The van der Waals surface area contributed by atoms with Crippen LogP contribution in [0.4, 0.5) is 0 Å². The molecule has 1 amide bonds. The minimum atomic E-state index is -0.825. The summed E-state index contributed by atoms with van der Waals surface area (Å²) in [5.74, 6) is 0.943. The van der Waals surface area contributed by atoms with Gasteiger partial charge in [-0.1, -0.05) is 25.7 Å². The van der Waals surface area contributed by atoms with E-state index in [1.54, 1.807) is 4.90 Å². The molecule has 2 saturated carbocycles. The molecular formula is C17H27NO3. The summed E-state index contributed by atoms with van der Waals surface area (Å²) in [5, 5.41) is 9.35. The number of carboxylic acids is 1. The second-order valence-electron chi connectivity index (χ2n) is 7.20. The van der Waals surface area contributed by atoms with Crippen LogP contribution < -0.4 is 0 Å². The molecule has 4 nitrogen and oxygen atoms in total. The standard InChI is InChI=1S/C17H27NO3/c19-16(18-10-4-3-7-15(18)17(20)21)14-9-8-12-5-1-2-6-13(12)11-14/h12-15H,1-11H2,(H,20,21)/t12?,13?,14?,15-/m0/s1. The number of aliphatic carboxylic acids is 1. The average Bonchev–Trinajstić information content (AvgIpc) is 2.53. The Hall–Kier alpha value is -1.06. The molecule has 4 atom stereocenters. The third-order valence-corrected chi connectivity index (χ3v) is 5.96. The first kappa shape index (κ1) is 14.9. The number of rotatable bonds is 2. The predicted octanol–water partition coefficient (Wildman–Crippen LogP) is 3.06. The SMILES string of the molecule is O=C(O)[C@@H]1CCCCN1C(=O)C1CCC2CCCCC2C1. The molecule has 1 saturated heterocycles. The van der Waals surface area contributed by atoms with E-state index < -0.39 is 12.0 Å². The second-order valence-corrected chi connectivity index (χ2v) is 7.20. The van der Waals surface area contributed by atoms with Gasteiger partial charge in [-0.05, 0) is 50.4 Å². The number of amides is 1. The van der Waals surface area contributed by atoms with E-state index in [-0.39, 0.29) is 11.8 Å². The molecule has 3 unspecified atom stereocenters. The quantitative estimate of drug-likeness (QED) is 0.851. The minimum absolute atomic E-state index is 0.0873. The molecule has 0 aromatic carbocycles. The van der Waals surface area contributed by atoms with Gasteiger partial charge in [0.25, 0.3) is 0 Å². The Bertz CT molecular complexity index is 409. The highest BCUT2D eigenvalue weighted by molar-refractivity contribution is 5.85. The van der Waals surface area contributed by atoms with Gasteiger partial charge < -0.3 is 10.0 Å². The highest BCUT2D eigenvalue weighted by Gasteiger charge is 2.40. The molecule has 0 spiro atoms. The van der Waals surface area contributed by atoms with E-state index in [9.17, 15) is 14.7 Å². The molecule has 3 fully saturated rings. The first-order valence-corrected chi connectivity index (χ1v) is 8.70. The van der Waals surface area contributed by atoms with Gasteiger partial charge in [-0.25, -0.2) is 4.79 Å². The van der Waals surface area contributed by atoms with Gasteiger partial charge in [-0.3, -0.25) is 4.79 Å². The van der Waals surface area contributed by atoms with Crippen molar-refractivity contribution >= 4 is 11.9 Å². The van der Waals surface area contributed by atoms with Crippen LogP contribution in [0.25, 0.3) is 0 Å². The van der Waals surface area contributed by atoms with Crippen LogP contribution in [0.1, 0.15) is 64.2 Å². The first-order chi connectivity index (χ1) is 10.2. The normalized spacial score (nSPS) is 36.9. The number of nitrogens with zero attached hydrogens (tertiary/aromatic N) is 1. The predicted molar refractivity (Wildman–Crippen MR) is 79.8 cm³/mol. The van der Waals surface area contributed by atoms with E-state index in [1.165, 1.54) is 32.1 Å². The number of piperidine rings is 1. The molecule has 21 heavy (non-hydrogen) atoms. The zero-order valence-corrected chi connectivity index (χ0v) is 12.8. The number of hydrogen-bond acceptors (Lipinski definition) is 2. The number of fused-ring (bicyclic) bond motifs is 1. The molecule has 3 rings (SSSR count). The Kier molecular flexibility index (Phi) is 4.51. The Morgan fingerprint density at radius 1 is 0.857 bits per heavy atom. The Balaban J connectivity index is 1.65. The molecule has 4 heteroatoms. The lowest BCUT2D eigenvalue weighted by molar-refractivity contribution is -0.155. The fourth-order valence-corrected chi connectivity index (χ4v) is 4.78. The lowest BCUT2D eigenvalue weighted by atomic mass is 9.67. The first-order valence-electron chi connectivity index (χ1n) is 8.70. The molecule has 2 aliphatic carbocycles. The van der Waals surface area contributed by atoms with Crippen LogP contribution in [0.5, 0.6) is 0 Å². The largest absolute Gasteiger partial charge is 0.480 e. The summed E-state index contributed by atoms with van der Waals surface area (Å²) in [6.07, 6.45) is 10.9. The fraction of sp³-hybridized carbons (Fsp3) is 0.882. The van der Waals surface area contributed by atoms with Crippen molar-refractivity contribution in [1.82, 2.24) is 4.90 Å². The number of carbonyl (C=O) groups excluding carboxylic acids is 1. The third kappa shape index (κ3) is 3.09. The lowest BCUT2D eigenvalue weighted by Crippen LogP contribution is -2.51. The lowest BCUT2D eigenvalue weighted by Gasteiger charge is -2.42. The van der Waals surface area contributed by atoms with Crippen LogP contribution in [0.3, 0.4) is 0 Å². The van der Waals surface area contributed by atoms with E-state index in [1.807, 2.05) is 0 Å². The van der Waals surface area contributed by atoms with Gasteiger partial charge >= 0.3 is 5.97 Å². The van der Waals surface area contributed by atoms with E-state index in [2.05, 4.69) is 0 Å². The topological polar surface area (TPSA) is 57.6 Å². The van der Waals surface area contributed by atoms with E-state index >= 15 is 0 Å². The smallest absolute Gasteiger partial charge is 0.326 e. The third-order valence-electron chi connectivity index (χ3n) is 5.96. The molecule has 0 aromatic heterocycles. The zero-order chi connectivity index (χ0) is 14.8. The van der Waals surface area contributed by atoms with Gasteiger partial charge in [0.15, 0.2) is 0 Å². The van der Waals surface area contributed by atoms with E-state index in [4.69, 9.17) is 0 Å². The van der Waals surface area contributed by atoms with E-state index in [0.717, 1.165) is 37.5 Å². The summed E-state index contributed by atoms with van der Waals surface area (Å²) in [6, 6.07) is -0.574. The number of carboxylic acid groups (broad SMARTS) is 1. The van der Waals surface area contributed by atoms with Crippen LogP contribution >= 0.6 is 0 Å². The van der Waals surface area contributed by atoms with Crippen LogP contribution in [-0.4, -0.2) is 34.5 Å². The van der Waals surface area contributed by atoms with Gasteiger partial charge in [0.05, 0.1) is 0 Å². The molecule has 0 aromatic rings. The monoisotopic (exact) mass is 293 g/mol. The maximum atomic E-state index is 12.8. The maximum Gasteiger partial charge on any atom is 0.326 e.